The molecule has 1 atom stereocenters. The number of carbonyl (C=O) groups excluding carboxylic acids is 1. The van der Waals surface area contributed by atoms with Crippen LogP contribution in [0.3, 0.4) is 0 Å². The van der Waals surface area contributed by atoms with Gasteiger partial charge in [0, 0.05) is 30.6 Å². The molecule has 4 nitrogen and oxygen atoms in total. The first-order chi connectivity index (χ1) is 9.23. The van der Waals surface area contributed by atoms with E-state index in [0.717, 1.165) is 6.54 Å². The van der Waals surface area contributed by atoms with E-state index in [2.05, 4.69) is 24.1 Å². The van der Waals surface area contributed by atoms with Gasteiger partial charge in [0.2, 0.25) is 5.91 Å². The lowest BCUT2D eigenvalue weighted by molar-refractivity contribution is -0.123. The van der Waals surface area contributed by atoms with Crippen molar-refractivity contribution in [1.29, 1.82) is 0 Å². The Morgan fingerprint density at radius 1 is 1.35 bits per heavy atom. The fourth-order valence-corrected chi connectivity index (χ4v) is 2.50. The minimum absolute atomic E-state index is 0.114. The van der Waals surface area contributed by atoms with Crippen molar-refractivity contribution in [3.05, 3.63) is 0 Å². The molecule has 20 heavy (non-hydrogen) atoms. The summed E-state index contributed by atoms with van der Waals surface area (Å²) in [5.41, 5.74) is 5.77. The van der Waals surface area contributed by atoms with Gasteiger partial charge < -0.3 is 11.1 Å². The summed E-state index contributed by atoms with van der Waals surface area (Å²) in [5, 5.41) is 3.04. The van der Waals surface area contributed by atoms with E-state index in [4.69, 9.17) is 5.73 Å². The van der Waals surface area contributed by atoms with Gasteiger partial charge in [-0.15, -0.1) is 0 Å². The van der Waals surface area contributed by atoms with Crippen LogP contribution in [0.15, 0.2) is 0 Å². The quantitative estimate of drug-likeness (QED) is 0.717. The second-order valence-electron chi connectivity index (χ2n) is 7.54. The van der Waals surface area contributed by atoms with E-state index >= 15 is 0 Å². The van der Waals surface area contributed by atoms with Crippen LogP contribution in [0.4, 0.5) is 0 Å². The van der Waals surface area contributed by atoms with Gasteiger partial charge in [-0.3, -0.25) is 9.69 Å². The number of nitrogens with zero attached hydrogens (tertiary/aromatic N) is 1. The Balaban J connectivity index is 2.54. The minimum atomic E-state index is -0.168. The highest BCUT2D eigenvalue weighted by Gasteiger charge is 2.34. The van der Waals surface area contributed by atoms with Crippen molar-refractivity contribution in [1.82, 2.24) is 10.2 Å². The van der Waals surface area contributed by atoms with Crippen LogP contribution in [-0.4, -0.2) is 41.5 Å². The van der Waals surface area contributed by atoms with Gasteiger partial charge in [0.15, 0.2) is 0 Å². The highest BCUT2D eigenvalue weighted by molar-refractivity contribution is 5.77. The molecular formula is C16H33N3O. The van der Waals surface area contributed by atoms with Crippen molar-refractivity contribution in [2.45, 2.75) is 77.9 Å². The average molecular weight is 283 g/mol. The molecule has 0 aromatic rings. The van der Waals surface area contributed by atoms with Crippen molar-refractivity contribution in [2.24, 2.45) is 11.7 Å². The Hall–Kier alpha value is -0.610. The number of nitrogens with one attached hydrogen (secondary N) is 1. The van der Waals surface area contributed by atoms with Crippen molar-refractivity contribution >= 4 is 5.91 Å². The van der Waals surface area contributed by atoms with Gasteiger partial charge in [-0.25, -0.2) is 0 Å². The molecule has 1 saturated carbocycles. The zero-order chi connectivity index (χ0) is 15.3. The predicted octanol–water partition coefficient (Wildman–Crippen LogP) is 2.13. The van der Waals surface area contributed by atoms with Crippen LogP contribution >= 0.6 is 0 Å². The predicted molar refractivity (Wildman–Crippen MR) is 84.5 cm³/mol. The van der Waals surface area contributed by atoms with E-state index in [1.807, 2.05) is 20.8 Å². The first kappa shape index (κ1) is 17.4. The van der Waals surface area contributed by atoms with Crippen LogP contribution in [0.5, 0.6) is 0 Å². The molecule has 0 bridgehead atoms. The van der Waals surface area contributed by atoms with Gasteiger partial charge in [0.05, 0.1) is 0 Å². The lowest BCUT2D eigenvalue weighted by atomic mass is 10.1. The molecule has 118 valence electrons. The van der Waals surface area contributed by atoms with Gasteiger partial charge in [0.25, 0.3) is 0 Å². The summed E-state index contributed by atoms with van der Waals surface area (Å²) in [5.74, 6) is 0.807. The summed E-state index contributed by atoms with van der Waals surface area (Å²) in [6.07, 6.45) is 4.21. The molecule has 0 aromatic carbocycles. The maximum absolute atomic E-state index is 12.1. The largest absolute Gasteiger partial charge is 0.351 e. The van der Waals surface area contributed by atoms with Crippen LogP contribution in [-0.2, 0) is 4.79 Å². The third-order valence-corrected chi connectivity index (χ3v) is 3.66. The zero-order valence-corrected chi connectivity index (χ0v) is 13.9. The summed E-state index contributed by atoms with van der Waals surface area (Å²) in [4.78, 5) is 14.6. The van der Waals surface area contributed by atoms with Crippen molar-refractivity contribution < 1.29 is 4.79 Å². The van der Waals surface area contributed by atoms with E-state index < -0.39 is 0 Å². The lowest BCUT2D eigenvalue weighted by Gasteiger charge is -2.32. The summed E-state index contributed by atoms with van der Waals surface area (Å²) < 4.78 is 0. The number of carbonyl (C=O) groups is 1. The third kappa shape index (κ3) is 6.71. The molecule has 1 unspecified atom stereocenters. The molecule has 0 radical (unpaired) electrons. The second-order valence-corrected chi connectivity index (χ2v) is 7.54. The van der Waals surface area contributed by atoms with Crippen LogP contribution in [0.25, 0.3) is 0 Å². The van der Waals surface area contributed by atoms with Crippen LogP contribution in [0, 0.1) is 5.92 Å². The number of hydrogen-bond donors (Lipinski definition) is 2. The zero-order valence-electron chi connectivity index (χ0n) is 13.9. The second kappa shape index (κ2) is 7.41. The molecule has 0 aromatic heterocycles. The van der Waals surface area contributed by atoms with Gasteiger partial charge in [-0.05, 0) is 52.5 Å². The van der Waals surface area contributed by atoms with Crippen molar-refractivity contribution in [2.75, 3.05) is 13.1 Å². The molecule has 1 aliphatic rings. The Labute approximate surface area is 124 Å². The topological polar surface area (TPSA) is 58.4 Å². The highest BCUT2D eigenvalue weighted by atomic mass is 16.1. The monoisotopic (exact) mass is 283 g/mol. The maximum atomic E-state index is 12.1. The third-order valence-electron chi connectivity index (χ3n) is 3.66. The molecular weight excluding hydrogens is 250 g/mol. The number of amides is 1. The van der Waals surface area contributed by atoms with Gasteiger partial charge in [-0.2, -0.15) is 0 Å². The number of hydrogen-bond acceptors (Lipinski definition) is 3. The molecule has 1 fully saturated rings. The van der Waals surface area contributed by atoms with Crippen LogP contribution < -0.4 is 11.1 Å². The fourth-order valence-electron chi connectivity index (χ4n) is 2.50. The number of rotatable bonds is 8. The van der Waals surface area contributed by atoms with Gasteiger partial charge in [0.1, 0.15) is 0 Å². The molecule has 1 aliphatic carbocycles. The van der Waals surface area contributed by atoms with Gasteiger partial charge >= 0.3 is 0 Å². The molecule has 1 rings (SSSR count). The van der Waals surface area contributed by atoms with Crippen molar-refractivity contribution in [3.8, 4) is 0 Å². The lowest BCUT2D eigenvalue weighted by Crippen LogP contribution is -2.48. The highest BCUT2D eigenvalue weighted by Crippen LogP contribution is 2.30. The first-order valence-electron chi connectivity index (χ1n) is 7.99. The fraction of sp³-hybridized carbons (Fsp3) is 0.938. The minimum Gasteiger partial charge on any atom is -0.351 e. The van der Waals surface area contributed by atoms with Gasteiger partial charge in [-0.1, -0.05) is 13.8 Å². The molecule has 0 heterocycles. The molecule has 4 heteroatoms. The van der Waals surface area contributed by atoms with E-state index in [0.29, 0.717) is 24.9 Å². The van der Waals surface area contributed by atoms with E-state index in [-0.39, 0.29) is 17.5 Å². The average Bonchev–Trinajstić information content (AvgIpc) is 3.08. The maximum Gasteiger partial charge on any atom is 0.222 e. The van der Waals surface area contributed by atoms with Crippen LogP contribution in [0.2, 0.25) is 0 Å². The normalized spacial score (nSPS) is 17.6. The summed E-state index contributed by atoms with van der Waals surface area (Å²) in [7, 11) is 0. The summed E-state index contributed by atoms with van der Waals surface area (Å²) in [6.45, 7) is 12.2. The summed E-state index contributed by atoms with van der Waals surface area (Å²) in [6, 6.07) is 0.841. The SMILES string of the molecule is CC(C)CCN(C1CC1)C(CN)CC(=O)NC(C)(C)C. The Morgan fingerprint density at radius 2 is 1.95 bits per heavy atom. The summed E-state index contributed by atoms with van der Waals surface area (Å²) >= 11 is 0. The first-order valence-corrected chi connectivity index (χ1v) is 7.99. The molecule has 1 amide bonds. The van der Waals surface area contributed by atoms with Crippen LogP contribution in [0.1, 0.15) is 60.3 Å². The molecule has 3 N–H and O–H groups in total. The van der Waals surface area contributed by atoms with E-state index in [1.54, 1.807) is 0 Å². The molecule has 0 saturated heterocycles. The van der Waals surface area contributed by atoms with Crippen molar-refractivity contribution in [3.63, 3.8) is 0 Å². The Bertz CT molecular complexity index is 305. The molecule has 0 aliphatic heterocycles. The standard InChI is InChI=1S/C16H33N3O/c1-12(2)8-9-19(13-6-7-13)14(11-17)10-15(20)18-16(3,4)5/h12-14H,6-11,17H2,1-5H3,(H,18,20). The number of nitrogens with two attached hydrogens (primary N) is 1. The Kier molecular flexibility index (Phi) is 6.46. The smallest absolute Gasteiger partial charge is 0.222 e. The Morgan fingerprint density at radius 3 is 2.35 bits per heavy atom. The van der Waals surface area contributed by atoms with E-state index in [9.17, 15) is 4.79 Å². The van der Waals surface area contributed by atoms with E-state index in [1.165, 1.54) is 19.3 Å². The molecule has 0 spiro atoms.